The zero-order valence-electron chi connectivity index (χ0n) is 13.6. The fourth-order valence-corrected chi connectivity index (χ4v) is 3.42. The van der Waals surface area contributed by atoms with Gasteiger partial charge in [0.2, 0.25) is 5.91 Å². The van der Waals surface area contributed by atoms with Gasteiger partial charge in [0.15, 0.2) is 0 Å². The van der Waals surface area contributed by atoms with E-state index >= 15 is 0 Å². The van der Waals surface area contributed by atoms with Crippen LogP contribution in [0.2, 0.25) is 0 Å². The van der Waals surface area contributed by atoms with E-state index in [1.807, 2.05) is 0 Å². The van der Waals surface area contributed by atoms with Crippen molar-refractivity contribution in [2.75, 3.05) is 5.32 Å². The summed E-state index contributed by atoms with van der Waals surface area (Å²) in [6.45, 7) is 1.63. The smallest absolute Gasteiger partial charge is 0.322 e. The average molecular weight is 330 g/mol. The maximum atomic E-state index is 12.2. The average Bonchev–Trinajstić information content (AvgIpc) is 3.03. The highest BCUT2D eigenvalue weighted by molar-refractivity contribution is 6.07. The van der Waals surface area contributed by atoms with E-state index in [1.54, 1.807) is 31.2 Å². The second-order valence-corrected chi connectivity index (χ2v) is 6.72. The number of hydrogen-bond acceptors (Lipinski definition) is 4. The Morgan fingerprint density at radius 3 is 2.79 bits per heavy atom. The van der Waals surface area contributed by atoms with E-state index in [-0.39, 0.29) is 17.9 Å². The molecule has 1 aliphatic carbocycles. The maximum absolute atomic E-state index is 12.2. The van der Waals surface area contributed by atoms with Gasteiger partial charge in [0.25, 0.3) is 5.91 Å². The molecule has 3 atom stereocenters. The van der Waals surface area contributed by atoms with Crippen molar-refractivity contribution in [3.63, 3.8) is 0 Å². The van der Waals surface area contributed by atoms with Crippen LogP contribution in [0.5, 0.6) is 0 Å². The molecule has 0 aromatic heterocycles. The first-order chi connectivity index (χ1) is 11.4. The number of nitrogens with two attached hydrogens (primary N) is 1. The second-order valence-electron chi connectivity index (χ2n) is 6.72. The molecule has 2 fully saturated rings. The quantitative estimate of drug-likeness (QED) is 0.621. The van der Waals surface area contributed by atoms with Gasteiger partial charge in [-0.25, -0.2) is 4.79 Å². The van der Waals surface area contributed by atoms with Crippen LogP contribution in [0.1, 0.15) is 38.2 Å². The van der Waals surface area contributed by atoms with Gasteiger partial charge in [-0.15, -0.1) is 0 Å². The first-order valence-corrected chi connectivity index (χ1v) is 8.18. The summed E-state index contributed by atoms with van der Waals surface area (Å²) in [6, 6.07) is 6.53. The van der Waals surface area contributed by atoms with E-state index in [9.17, 15) is 14.4 Å². The molecule has 7 heteroatoms. The fraction of sp³-hybridized carbons (Fsp3) is 0.471. The number of amides is 4. The van der Waals surface area contributed by atoms with Crippen molar-refractivity contribution in [3.05, 3.63) is 29.8 Å². The third-order valence-electron chi connectivity index (χ3n) is 4.93. The molecule has 1 saturated carbocycles. The molecule has 0 spiro atoms. The minimum atomic E-state index is -1.13. The van der Waals surface area contributed by atoms with Gasteiger partial charge in [-0.05, 0) is 43.4 Å². The Bertz CT molecular complexity index is 690. The predicted molar refractivity (Wildman–Crippen MR) is 89.0 cm³/mol. The van der Waals surface area contributed by atoms with Crippen molar-refractivity contribution in [2.24, 2.45) is 11.7 Å². The molecule has 1 aliphatic heterocycles. The number of nitrogens with one attached hydrogen (secondary N) is 3. The van der Waals surface area contributed by atoms with Crippen molar-refractivity contribution in [3.8, 4) is 0 Å². The van der Waals surface area contributed by atoms with Crippen LogP contribution in [-0.4, -0.2) is 23.9 Å². The molecule has 7 nitrogen and oxygen atoms in total. The Balaban J connectivity index is 1.70. The highest BCUT2D eigenvalue weighted by Gasteiger charge is 2.43. The van der Waals surface area contributed by atoms with Gasteiger partial charge >= 0.3 is 6.03 Å². The van der Waals surface area contributed by atoms with E-state index in [1.165, 1.54) is 0 Å². The van der Waals surface area contributed by atoms with E-state index in [4.69, 9.17) is 5.73 Å². The van der Waals surface area contributed by atoms with Crippen LogP contribution >= 0.6 is 0 Å². The zero-order chi connectivity index (χ0) is 17.3. The maximum Gasteiger partial charge on any atom is 0.322 e. The Morgan fingerprint density at radius 1 is 1.38 bits per heavy atom. The lowest BCUT2D eigenvalue weighted by Crippen LogP contribution is -2.40. The van der Waals surface area contributed by atoms with Crippen LogP contribution in [0.25, 0.3) is 0 Å². The highest BCUT2D eigenvalue weighted by Crippen LogP contribution is 2.28. The molecule has 3 rings (SSSR count). The SMILES string of the molecule is CC1(c2cccc(NC(=O)C[C@@H]3CCC[C@H]3N)c2)NC(=O)NC1=O. The summed E-state index contributed by atoms with van der Waals surface area (Å²) in [6.07, 6.45) is 3.43. The first-order valence-electron chi connectivity index (χ1n) is 8.18. The lowest BCUT2D eigenvalue weighted by Gasteiger charge is -2.22. The summed E-state index contributed by atoms with van der Waals surface area (Å²) >= 11 is 0. The second kappa shape index (κ2) is 6.24. The number of hydrogen-bond donors (Lipinski definition) is 4. The van der Waals surface area contributed by atoms with E-state index in [0.29, 0.717) is 17.7 Å². The third kappa shape index (κ3) is 3.12. The van der Waals surface area contributed by atoms with Gasteiger partial charge < -0.3 is 16.4 Å². The van der Waals surface area contributed by atoms with Crippen LogP contribution < -0.4 is 21.7 Å². The zero-order valence-corrected chi connectivity index (χ0v) is 13.6. The number of carbonyl (C=O) groups is 3. The summed E-state index contributed by atoms with van der Waals surface area (Å²) in [7, 11) is 0. The topological polar surface area (TPSA) is 113 Å². The summed E-state index contributed by atoms with van der Waals surface area (Å²) < 4.78 is 0. The normalized spacial score (nSPS) is 29.2. The molecule has 1 unspecified atom stereocenters. The van der Waals surface area contributed by atoms with E-state index in [2.05, 4.69) is 16.0 Å². The van der Waals surface area contributed by atoms with Crippen molar-refractivity contribution >= 4 is 23.5 Å². The predicted octanol–water partition coefficient (Wildman–Crippen LogP) is 1.20. The monoisotopic (exact) mass is 330 g/mol. The van der Waals surface area contributed by atoms with Crippen LogP contribution in [0.3, 0.4) is 0 Å². The molecule has 2 aliphatic rings. The highest BCUT2D eigenvalue weighted by atomic mass is 16.2. The Hall–Kier alpha value is -2.41. The molecule has 24 heavy (non-hydrogen) atoms. The third-order valence-corrected chi connectivity index (χ3v) is 4.93. The molecule has 5 N–H and O–H groups in total. The molecule has 1 aromatic carbocycles. The summed E-state index contributed by atoms with van der Waals surface area (Å²) in [5.41, 5.74) is 6.08. The van der Waals surface area contributed by atoms with Gasteiger partial charge in [0, 0.05) is 18.2 Å². The molecule has 1 saturated heterocycles. The van der Waals surface area contributed by atoms with Crippen molar-refractivity contribution in [1.82, 2.24) is 10.6 Å². The van der Waals surface area contributed by atoms with Crippen LogP contribution in [0, 0.1) is 5.92 Å². The Labute approximate surface area is 140 Å². The van der Waals surface area contributed by atoms with Crippen LogP contribution in [0.15, 0.2) is 24.3 Å². The van der Waals surface area contributed by atoms with Crippen LogP contribution in [-0.2, 0) is 15.1 Å². The molecule has 0 bridgehead atoms. The summed E-state index contributed by atoms with van der Waals surface area (Å²) in [5, 5.41) is 7.70. The number of carbonyl (C=O) groups excluding carboxylic acids is 3. The number of urea groups is 1. The number of benzene rings is 1. The molecular weight excluding hydrogens is 308 g/mol. The largest absolute Gasteiger partial charge is 0.327 e. The minimum absolute atomic E-state index is 0.0837. The number of anilines is 1. The van der Waals surface area contributed by atoms with Gasteiger partial charge in [0.05, 0.1) is 0 Å². The first kappa shape index (κ1) is 16.4. The Kier molecular flexibility index (Phi) is 4.28. The van der Waals surface area contributed by atoms with Crippen molar-refractivity contribution < 1.29 is 14.4 Å². The molecule has 1 heterocycles. The summed E-state index contributed by atoms with van der Waals surface area (Å²) in [4.78, 5) is 35.6. The van der Waals surface area contributed by atoms with E-state index in [0.717, 1.165) is 19.3 Å². The van der Waals surface area contributed by atoms with Gasteiger partial charge in [-0.3, -0.25) is 14.9 Å². The van der Waals surface area contributed by atoms with Gasteiger partial charge in [-0.1, -0.05) is 18.6 Å². The number of rotatable bonds is 4. The van der Waals surface area contributed by atoms with Crippen LogP contribution in [0.4, 0.5) is 10.5 Å². The van der Waals surface area contributed by atoms with Gasteiger partial charge in [-0.2, -0.15) is 0 Å². The lowest BCUT2D eigenvalue weighted by molar-refractivity contribution is -0.123. The standard InChI is InChI=1S/C17H22N4O3/c1-17(15(23)20-16(24)21-17)11-5-3-6-12(9-11)19-14(22)8-10-4-2-7-13(10)18/h3,5-6,9-10,13H,2,4,7-8,18H2,1H3,(H,19,22)(H2,20,21,23,24)/t10-,13+,17?/m0/s1. The molecular formula is C17H22N4O3. The lowest BCUT2D eigenvalue weighted by atomic mass is 9.92. The molecule has 4 amide bonds. The number of imide groups is 1. The molecule has 1 aromatic rings. The minimum Gasteiger partial charge on any atom is -0.327 e. The fourth-order valence-electron chi connectivity index (χ4n) is 3.42. The van der Waals surface area contributed by atoms with Crippen molar-refractivity contribution in [1.29, 1.82) is 0 Å². The van der Waals surface area contributed by atoms with Crippen molar-refractivity contribution in [2.45, 2.75) is 44.2 Å². The molecule has 128 valence electrons. The molecule has 0 radical (unpaired) electrons. The van der Waals surface area contributed by atoms with Gasteiger partial charge in [0.1, 0.15) is 5.54 Å². The van der Waals surface area contributed by atoms with E-state index < -0.39 is 17.5 Å². The summed E-state index contributed by atoms with van der Waals surface area (Å²) in [5.74, 6) is -0.266. The Morgan fingerprint density at radius 2 is 2.17 bits per heavy atom.